The highest BCUT2D eigenvalue weighted by molar-refractivity contribution is 7.11. The fraction of sp³-hybridized carbons (Fsp3) is 0.0909. The third-order valence-corrected chi connectivity index (χ3v) is 5.40. The Bertz CT molecular complexity index is 1070. The van der Waals surface area contributed by atoms with E-state index in [1.165, 1.54) is 16.2 Å². The molecular formula is C22H18N2O2S. The van der Waals surface area contributed by atoms with E-state index in [0.717, 1.165) is 21.7 Å². The fourth-order valence-electron chi connectivity index (χ4n) is 3.14. The molecule has 1 N–H and O–H groups in total. The average molecular weight is 374 g/mol. The van der Waals surface area contributed by atoms with Crippen molar-refractivity contribution < 1.29 is 9.59 Å². The van der Waals surface area contributed by atoms with Crippen LogP contribution in [0.5, 0.6) is 0 Å². The van der Waals surface area contributed by atoms with Crippen molar-refractivity contribution in [1.29, 1.82) is 0 Å². The van der Waals surface area contributed by atoms with Gasteiger partial charge in [-0.3, -0.25) is 9.59 Å². The van der Waals surface area contributed by atoms with Crippen LogP contribution in [0.15, 0.2) is 71.7 Å². The quantitative estimate of drug-likeness (QED) is 0.670. The van der Waals surface area contributed by atoms with E-state index in [1.807, 2.05) is 73.8 Å². The average Bonchev–Trinajstić information content (AvgIpc) is 3.24. The summed E-state index contributed by atoms with van der Waals surface area (Å²) in [7, 11) is 0. The van der Waals surface area contributed by atoms with E-state index in [4.69, 9.17) is 0 Å². The molecule has 0 atom stereocenters. The van der Waals surface area contributed by atoms with Crippen LogP contribution in [0.4, 0.5) is 11.4 Å². The van der Waals surface area contributed by atoms with Crippen LogP contribution < -0.4 is 10.2 Å². The van der Waals surface area contributed by atoms with Gasteiger partial charge in [-0.1, -0.05) is 36.4 Å². The zero-order chi connectivity index (χ0) is 19.0. The summed E-state index contributed by atoms with van der Waals surface area (Å²) in [6, 6.07) is 18.9. The maximum Gasteiger partial charge on any atom is 0.282 e. The smallest absolute Gasteiger partial charge is 0.282 e. The minimum absolute atomic E-state index is 0.302. The SMILES string of the molecule is Cc1cccc(N2C(=O)C(Nc3ccccc3C)=C(c3cccs3)C2=O)c1. The number of rotatable bonds is 4. The standard InChI is InChI=1S/C22H18N2O2S/c1-14-7-5-9-16(13-14)24-21(25)19(18-11-6-12-27-18)20(22(24)26)23-17-10-4-3-8-15(17)2/h3-13,23H,1-2H3. The molecular weight excluding hydrogens is 356 g/mol. The van der Waals surface area contributed by atoms with E-state index in [1.54, 1.807) is 6.07 Å². The van der Waals surface area contributed by atoms with Gasteiger partial charge in [0.25, 0.3) is 11.8 Å². The van der Waals surface area contributed by atoms with E-state index in [9.17, 15) is 9.59 Å². The highest BCUT2D eigenvalue weighted by Crippen LogP contribution is 2.36. The lowest BCUT2D eigenvalue weighted by molar-refractivity contribution is -0.120. The van der Waals surface area contributed by atoms with Gasteiger partial charge in [-0.05, 0) is 54.6 Å². The summed E-state index contributed by atoms with van der Waals surface area (Å²) < 4.78 is 0. The van der Waals surface area contributed by atoms with Crippen molar-refractivity contribution in [3.05, 3.63) is 87.7 Å². The van der Waals surface area contributed by atoms with Crippen LogP contribution >= 0.6 is 11.3 Å². The number of anilines is 2. The zero-order valence-corrected chi connectivity index (χ0v) is 15.8. The number of imide groups is 1. The van der Waals surface area contributed by atoms with Gasteiger partial charge in [-0.25, -0.2) is 4.90 Å². The van der Waals surface area contributed by atoms with Crippen molar-refractivity contribution in [2.75, 3.05) is 10.2 Å². The molecule has 0 saturated heterocycles. The molecule has 0 spiro atoms. The molecule has 2 amide bonds. The molecule has 1 aliphatic rings. The summed E-state index contributed by atoms with van der Waals surface area (Å²) in [4.78, 5) is 28.5. The summed E-state index contributed by atoms with van der Waals surface area (Å²) in [6.45, 7) is 3.90. The van der Waals surface area contributed by atoms with E-state index < -0.39 is 0 Å². The van der Waals surface area contributed by atoms with Crippen LogP contribution in [0, 0.1) is 13.8 Å². The maximum atomic E-state index is 13.2. The molecule has 1 aromatic heterocycles. The Labute approximate surface area is 161 Å². The van der Waals surface area contributed by atoms with Gasteiger partial charge >= 0.3 is 0 Å². The molecule has 134 valence electrons. The number of benzene rings is 2. The molecule has 27 heavy (non-hydrogen) atoms. The number of para-hydroxylation sites is 1. The molecule has 0 saturated carbocycles. The van der Waals surface area contributed by atoms with E-state index in [2.05, 4.69) is 5.32 Å². The van der Waals surface area contributed by atoms with Crippen LogP contribution in [0.3, 0.4) is 0 Å². The molecule has 2 aromatic carbocycles. The monoisotopic (exact) mass is 374 g/mol. The Morgan fingerprint density at radius 3 is 2.41 bits per heavy atom. The Morgan fingerprint density at radius 2 is 1.70 bits per heavy atom. The first-order valence-electron chi connectivity index (χ1n) is 8.62. The van der Waals surface area contributed by atoms with Gasteiger partial charge in [0.2, 0.25) is 0 Å². The van der Waals surface area contributed by atoms with Crippen molar-refractivity contribution in [2.45, 2.75) is 13.8 Å². The van der Waals surface area contributed by atoms with E-state index in [0.29, 0.717) is 17.0 Å². The van der Waals surface area contributed by atoms with E-state index >= 15 is 0 Å². The Morgan fingerprint density at radius 1 is 0.889 bits per heavy atom. The Kier molecular flexibility index (Phi) is 4.38. The van der Waals surface area contributed by atoms with Crippen LogP contribution in [0.1, 0.15) is 16.0 Å². The highest BCUT2D eigenvalue weighted by atomic mass is 32.1. The van der Waals surface area contributed by atoms with Gasteiger partial charge < -0.3 is 5.32 Å². The summed E-state index contributed by atoms with van der Waals surface area (Å²) in [5.41, 5.74) is 4.13. The van der Waals surface area contributed by atoms with Crippen molar-refractivity contribution >= 4 is 40.1 Å². The summed E-state index contributed by atoms with van der Waals surface area (Å²) in [5.74, 6) is -0.638. The van der Waals surface area contributed by atoms with Gasteiger partial charge in [0.15, 0.2) is 0 Å². The lowest BCUT2D eigenvalue weighted by Crippen LogP contribution is -2.32. The van der Waals surface area contributed by atoms with Crippen molar-refractivity contribution in [1.82, 2.24) is 0 Å². The van der Waals surface area contributed by atoms with Gasteiger partial charge in [0.05, 0.1) is 11.3 Å². The minimum atomic E-state index is -0.336. The normalized spacial score (nSPS) is 14.2. The van der Waals surface area contributed by atoms with Gasteiger partial charge in [0.1, 0.15) is 5.70 Å². The largest absolute Gasteiger partial charge is 0.350 e. The second-order valence-electron chi connectivity index (χ2n) is 6.45. The van der Waals surface area contributed by atoms with Crippen LogP contribution in [-0.2, 0) is 9.59 Å². The molecule has 1 aliphatic heterocycles. The van der Waals surface area contributed by atoms with Crippen molar-refractivity contribution in [3.8, 4) is 0 Å². The van der Waals surface area contributed by atoms with E-state index in [-0.39, 0.29) is 11.8 Å². The Hall–Kier alpha value is -3.18. The molecule has 4 nitrogen and oxygen atoms in total. The molecule has 4 rings (SSSR count). The molecule has 0 fully saturated rings. The number of hydrogen-bond acceptors (Lipinski definition) is 4. The molecule has 0 unspecified atom stereocenters. The molecule has 0 radical (unpaired) electrons. The third-order valence-electron chi connectivity index (χ3n) is 4.52. The second-order valence-corrected chi connectivity index (χ2v) is 7.40. The molecule has 5 heteroatoms. The summed E-state index contributed by atoms with van der Waals surface area (Å²) in [5, 5.41) is 5.12. The second kappa shape index (κ2) is 6.85. The first kappa shape index (κ1) is 17.2. The summed E-state index contributed by atoms with van der Waals surface area (Å²) >= 11 is 1.45. The van der Waals surface area contributed by atoms with Gasteiger partial charge in [-0.2, -0.15) is 0 Å². The first-order valence-corrected chi connectivity index (χ1v) is 9.50. The predicted molar refractivity (Wildman–Crippen MR) is 110 cm³/mol. The molecule has 0 bridgehead atoms. The number of hydrogen-bond donors (Lipinski definition) is 1. The molecule has 2 heterocycles. The number of amides is 2. The van der Waals surface area contributed by atoms with Crippen LogP contribution in [0.25, 0.3) is 5.57 Å². The van der Waals surface area contributed by atoms with Gasteiger partial charge in [-0.15, -0.1) is 11.3 Å². The minimum Gasteiger partial charge on any atom is -0.350 e. The molecule has 0 aliphatic carbocycles. The van der Waals surface area contributed by atoms with Crippen LogP contribution in [0.2, 0.25) is 0 Å². The number of thiophene rings is 1. The lowest BCUT2D eigenvalue weighted by Gasteiger charge is -2.16. The Balaban J connectivity index is 1.82. The molecule has 3 aromatic rings. The zero-order valence-electron chi connectivity index (χ0n) is 15.0. The predicted octanol–water partition coefficient (Wildman–Crippen LogP) is 4.76. The number of nitrogens with one attached hydrogen (secondary N) is 1. The fourth-order valence-corrected chi connectivity index (χ4v) is 3.91. The lowest BCUT2D eigenvalue weighted by atomic mass is 10.1. The maximum absolute atomic E-state index is 13.2. The highest BCUT2D eigenvalue weighted by Gasteiger charge is 2.40. The van der Waals surface area contributed by atoms with Crippen molar-refractivity contribution in [2.24, 2.45) is 0 Å². The van der Waals surface area contributed by atoms with Gasteiger partial charge in [0, 0.05) is 10.6 Å². The van der Waals surface area contributed by atoms with Crippen molar-refractivity contribution in [3.63, 3.8) is 0 Å². The number of aryl methyl sites for hydroxylation is 2. The first-order chi connectivity index (χ1) is 13.1. The number of nitrogens with zero attached hydrogens (tertiary/aromatic N) is 1. The number of carbonyl (C=O) groups excluding carboxylic acids is 2. The number of carbonyl (C=O) groups is 2. The third kappa shape index (κ3) is 3.06. The topological polar surface area (TPSA) is 49.4 Å². The summed E-state index contributed by atoms with van der Waals surface area (Å²) in [6.07, 6.45) is 0. The van der Waals surface area contributed by atoms with Crippen LogP contribution in [-0.4, -0.2) is 11.8 Å².